The normalized spacial score (nSPS) is 15.1. The van der Waals surface area contributed by atoms with E-state index in [1.165, 1.54) is 0 Å². The number of carbonyl (C=O) groups excluding carboxylic acids is 2. The molecule has 2 heterocycles. The van der Waals surface area contributed by atoms with E-state index in [1.54, 1.807) is 0 Å². The van der Waals surface area contributed by atoms with E-state index in [0.717, 1.165) is 15.8 Å². The molecule has 96 valence electrons. The summed E-state index contributed by atoms with van der Waals surface area (Å²) in [5.41, 5.74) is 7.34. The van der Waals surface area contributed by atoms with Crippen molar-refractivity contribution in [3.8, 4) is 0 Å². The number of hydrogen-bond acceptors (Lipinski definition) is 4. The maximum atomic E-state index is 11.5. The van der Waals surface area contributed by atoms with E-state index in [2.05, 4.69) is 10.3 Å². The van der Waals surface area contributed by atoms with Gasteiger partial charge >= 0.3 is 6.03 Å². The second kappa shape index (κ2) is 4.24. The van der Waals surface area contributed by atoms with Gasteiger partial charge in [0.25, 0.3) is 0 Å². The van der Waals surface area contributed by atoms with Gasteiger partial charge in [0.1, 0.15) is 5.82 Å². The van der Waals surface area contributed by atoms with Crippen LogP contribution in [0.2, 0.25) is 0 Å². The minimum absolute atomic E-state index is 0.0414. The number of benzene rings is 1. The Kier molecular flexibility index (Phi) is 2.56. The summed E-state index contributed by atoms with van der Waals surface area (Å²) in [6.45, 7) is 0.189. The number of urea groups is 1. The van der Waals surface area contributed by atoms with Gasteiger partial charge in [0.15, 0.2) is 0 Å². The lowest BCUT2D eigenvalue weighted by Crippen LogP contribution is -2.30. The van der Waals surface area contributed by atoms with Crippen LogP contribution < -0.4 is 11.1 Å². The summed E-state index contributed by atoms with van der Waals surface area (Å²) >= 11 is 0. The molecular weight excluding hydrogens is 244 g/mol. The van der Waals surface area contributed by atoms with E-state index < -0.39 is 6.03 Å². The van der Waals surface area contributed by atoms with Crippen molar-refractivity contribution in [3.05, 3.63) is 35.9 Å². The van der Waals surface area contributed by atoms with Crippen LogP contribution in [0.4, 0.5) is 10.6 Å². The van der Waals surface area contributed by atoms with E-state index in [9.17, 15) is 9.59 Å². The van der Waals surface area contributed by atoms with Gasteiger partial charge in [-0.1, -0.05) is 18.2 Å². The Hall–Kier alpha value is -2.63. The summed E-state index contributed by atoms with van der Waals surface area (Å²) in [5.74, 6) is 0.0868. The molecule has 0 radical (unpaired) electrons. The molecule has 0 unspecified atom stereocenters. The Bertz CT molecular complexity index is 667. The number of carbonyl (C=O) groups is 2. The quantitative estimate of drug-likeness (QED) is 0.780. The van der Waals surface area contributed by atoms with Crippen LogP contribution >= 0.6 is 0 Å². The van der Waals surface area contributed by atoms with Crippen molar-refractivity contribution in [2.75, 3.05) is 12.3 Å². The van der Waals surface area contributed by atoms with Gasteiger partial charge in [0.05, 0.1) is 18.6 Å². The predicted molar refractivity (Wildman–Crippen MR) is 70.1 cm³/mol. The summed E-state index contributed by atoms with van der Waals surface area (Å²) in [5, 5.41) is 3.40. The molecular formula is C13H12N4O2. The van der Waals surface area contributed by atoms with Crippen molar-refractivity contribution in [1.82, 2.24) is 15.2 Å². The highest BCUT2D eigenvalue weighted by atomic mass is 16.2. The van der Waals surface area contributed by atoms with Crippen molar-refractivity contribution in [2.24, 2.45) is 0 Å². The highest BCUT2D eigenvalue weighted by molar-refractivity contribution is 6.02. The first kappa shape index (κ1) is 11.5. The lowest BCUT2D eigenvalue weighted by Gasteiger charge is -2.14. The van der Waals surface area contributed by atoms with Crippen LogP contribution in [0, 0.1) is 0 Å². The molecule has 3 amide bonds. The molecule has 1 aromatic carbocycles. The smallest absolute Gasteiger partial charge is 0.324 e. The first-order chi connectivity index (χ1) is 9.15. The fraction of sp³-hybridized carbons (Fsp3) is 0.154. The maximum absolute atomic E-state index is 11.5. The fourth-order valence-electron chi connectivity index (χ4n) is 2.09. The number of para-hydroxylation sites is 1. The summed E-state index contributed by atoms with van der Waals surface area (Å²) in [6, 6.07) is 9.03. The number of hydrogen-bond donors (Lipinski definition) is 2. The lowest BCUT2D eigenvalue weighted by atomic mass is 10.1. The van der Waals surface area contributed by atoms with E-state index in [1.807, 2.05) is 30.3 Å². The summed E-state index contributed by atoms with van der Waals surface area (Å²) < 4.78 is 0. The Labute approximate surface area is 109 Å². The van der Waals surface area contributed by atoms with Gasteiger partial charge in [-0.2, -0.15) is 0 Å². The van der Waals surface area contributed by atoms with Crippen LogP contribution in [-0.2, 0) is 11.3 Å². The highest BCUT2D eigenvalue weighted by Crippen LogP contribution is 2.20. The number of anilines is 1. The minimum atomic E-state index is -0.391. The fourth-order valence-corrected chi connectivity index (χ4v) is 2.09. The molecule has 1 aromatic heterocycles. The Morgan fingerprint density at radius 1 is 1.32 bits per heavy atom. The highest BCUT2D eigenvalue weighted by Gasteiger charge is 2.28. The number of nitrogens with one attached hydrogen (secondary N) is 1. The number of nitrogens with two attached hydrogens (primary N) is 1. The van der Waals surface area contributed by atoms with E-state index in [0.29, 0.717) is 11.4 Å². The van der Waals surface area contributed by atoms with Crippen molar-refractivity contribution >= 4 is 28.7 Å². The molecule has 19 heavy (non-hydrogen) atoms. The van der Waals surface area contributed by atoms with Crippen LogP contribution in [0.15, 0.2) is 30.3 Å². The summed E-state index contributed by atoms with van der Waals surface area (Å²) in [7, 11) is 0. The summed E-state index contributed by atoms with van der Waals surface area (Å²) in [4.78, 5) is 28.5. The second-order valence-corrected chi connectivity index (χ2v) is 4.36. The number of rotatable bonds is 2. The Morgan fingerprint density at radius 2 is 2.11 bits per heavy atom. The molecule has 6 heteroatoms. The maximum Gasteiger partial charge on any atom is 0.324 e. The average Bonchev–Trinajstić information content (AvgIpc) is 2.71. The average molecular weight is 256 g/mol. The monoisotopic (exact) mass is 256 g/mol. The molecule has 3 N–H and O–H groups in total. The zero-order valence-corrected chi connectivity index (χ0v) is 10.1. The zero-order valence-electron chi connectivity index (χ0n) is 10.1. The number of fused-ring (bicyclic) bond motifs is 1. The number of amides is 3. The van der Waals surface area contributed by atoms with E-state index >= 15 is 0 Å². The van der Waals surface area contributed by atoms with Gasteiger partial charge in [-0.3, -0.25) is 9.69 Å². The SMILES string of the molecule is Nc1nc2ccccc2cc1CN1C(=O)CNC1=O. The van der Waals surface area contributed by atoms with Gasteiger partial charge < -0.3 is 11.1 Å². The largest absolute Gasteiger partial charge is 0.383 e. The van der Waals surface area contributed by atoms with Crippen molar-refractivity contribution < 1.29 is 9.59 Å². The molecule has 2 aromatic rings. The van der Waals surface area contributed by atoms with Crippen LogP contribution in [-0.4, -0.2) is 28.4 Å². The van der Waals surface area contributed by atoms with Gasteiger partial charge in [-0.25, -0.2) is 9.78 Å². The topological polar surface area (TPSA) is 88.3 Å². The Balaban J connectivity index is 1.98. The third kappa shape index (κ3) is 1.97. The second-order valence-electron chi connectivity index (χ2n) is 4.36. The van der Waals surface area contributed by atoms with Gasteiger partial charge in [0.2, 0.25) is 5.91 Å². The number of pyridine rings is 1. The molecule has 0 spiro atoms. The first-order valence-corrected chi connectivity index (χ1v) is 5.87. The molecule has 0 aliphatic carbocycles. The molecule has 0 bridgehead atoms. The van der Waals surface area contributed by atoms with Crippen LogP contribution in [0.1, 0.15) is 5.56 Å². The molecule has 1 fully saturated rings. The van der Waals surface area contributed by atoms with E-state index in [4.69, 9.17) is 5.73 Å². The van der Waals surface area contributed by atoms with Crippen LogP contribution in [0.25, 0.3) is 10.9 Å². The lowest BCUT2D eigenvalue weighted by molar-refractivity contribution is -0.125. The molecule has 1 aliphatic rings. The zero-order chi connectivity index (χ0) is 13.4. The third-order valence-electron chi connectivity index (χ3n) is 3.10. The number of nitrogen functional groups attached to an aromatic ring is 1. The molecule has 1 saturated heterocycles. The standard InChI is InChI=1S/C13H12N4O2/c14-12-9(7-17-11(18)6-15-13(17)19)5-8-3-1-2-4-10(8)16-12/h1-5H,6-7H2,(H2,14,16)(H,15,19). The molecule has 0 atom stereocenters. The van der Waals surface area contributed by atoms with E-state index in [-0.39, 0.29) is 19.0 Å². The first-order valence-electron chi connectivity index (χ1n) is 5.87. The van der Waals surface area contributed by atoms with Gasteiger partial charge in [-0.05, 0) is 12.1 Å². The van der Waals surface area contributed by atoms with Crippen molar-refractivity contribution in [1.29, 1.82) is 0 Å². The molecule has 0 saturated carbocycles. The third-order valence-corrected chi connectivity index (χ3v) is 3.10. The van der Waals surface area contributed by atoms with Crippen molar-refractivity contribution in [3.63, 3.8) is 0 Å². The van der Waals surface area contributed by atoms with Crippen molar-refractivity contribution in [2.45, 2.75) is 6.54 Å². The molecule has 1 aliphatic heterocycles. The molecule has 3 rings (SSSR count). The predicted octanol–water partition coefficient (Wildman–Crippen LogP) is 0.869. The minimum Gasteiger partial charge on any atom is -0.383 e. The van der Waals surface area contributed by atoms with Crippen LogP contribution in [0.5, 0.6) is 0 Å². The number of imide groups is 1. The van der Waals surface area contributed by atoms with Gasteiger partial charge in [0, 0.05) is 10.9 Å². The molecule has 6 nitrogen and oxygen atoms in total. The number of nitrogens with zero attached hydrogens (tertiary/aromatic N) is 2. The van der Waals surface area contributed by atoms with Crippen LogP contribution in [0.3, 0.4) is 0 Å². The van der Waals surface area contributed by atoms with Gasteiger partial charge in [-0.15, -0.1) is 0 Å². The Morgan fingerprint density at radius 3 is 2.84 bits per heavy atom. The summed E-state index contributed by atoms with van der Waals surface area (Å²) in [6.07, 6.45) is 0. The number of aromatic nitrogens is 1.